The Morgan fingerprint density at radius 3 is 1.69 bits per heavy atom. The number of hydrogen-bond donors (Lipinski definition) is 20. The first-order valence-corrected chi connectivity index (χ1v) is 45.3. The van der Waals surface area contributed by atoms with Gasteiger partial charge in [0.1, 0.15) is 96.1 Å². The van der Waals surface area contributed by atoms with E-state index in [-0.39, 0.29) is 83.0 Å². The van der Waals surface area contributed by atoms with Crippen LogP contribution in [0.25, 0.3) is 21.8 Å². The Hall–Kier alpha value is -13.5. The van der Waals surface area contributed by atoms with Crippen molar-refractivity contribution in [2.24, 2.45) is 17.2 Å². The van der Waals surface area contributed by atoms with Gasteiger partial charge in [0.15, 0.2) is 0 Å². The van der Waals surface area contributed by atoms with Crippen molar-refractivity contribution in [2.75, 3.05) is 72.5 Å². The number of phenolic OH excluding ortho intramolecular Hbond substituents is 1. The van der Waals surface area contributed by atoms with Gasteiger partial charge in [-0.15, -0.1) is 11.8 Å². The number of carboxylic acid groups (broad SMARTS) is 3. The molecular weight excluding hydrogens is 1770 g/mol. The number of nitrogens with two attached hydrogens (primary N) is 3. The maximum absolute atomic E-state index is 15.8. The number of carbonyl (C=O) groups is 19. The van der Waals surface area contributed by atoms with E-state index in [0.29, 0.717) is 68.8 Å². The Morgan fingerprint density at radius 2 is 1.06 bits per heavy atom. The zero-order chi connectivity index (χ0) is 98.5. The first kappa shape index (κ1) is 106. The lowest BCUT2D eigenvalue weighted by atomic mass is 9.99. The summed E-state index contributed by atoms with van der Waals surface area (Å²) in [7, 11) is 5.13. The fraction of sp³-hybridized carbons (Fsp3) is 0.534. The molecule has 134 heavy (non-hydrogen) atoms. The minimum absolute atomic E-state index is 0.0736. The van der Waals surface area contributed by atoms with E-state index in [1.807, 2.05) is 0 Å². The lowest BCUT2D eigenvalue weighted by Crippen LogP contribution is -2.61. The number of aliphatic hydroxyl groups excluding tert-OH is 1. The molecule has 0 spiro atoms. The molecule has 3 aliphatic heterocycles. The van der Waals surface area contributed by atoms with E-state index in [1.54, 1.807) is 74.6 Å². The molecule has 3 fully saturated rings. The minimum Gasteiger partial charge on any atom is -0.508 e. The number of methoxy groups -OCH3 is 1. The van der Waals surface area contributed by atoms with Crippen molar-refractivity contribution in [2.45, 2.75) is 227 Å². The van der Waals surface area contributed by atoms with Crippen LogP contribution in [0.3, 0.4) is 0 Å². The summed E-state index contributed by atoms with van der Waals surface area (Å²) >= 11 is 0.697. The number of H-pyrrole nitrogens is 2. The number of rotatable bonds is 27. The van der Waals surface area contributed by atoms with Gasteiger partial charge in [0.2, 0.25) is 94.5 Å². The number of likely N-dealkylation sites (N-methyl/N-ethyl adjacent to an activating group) is 3. The highest BCUT2D eigenvalue weighted by Crippen LogP contribution is 2.29. The van der Waals surface area contributed by atoms with E-state index >= 15 is 33.6 Å². The predicted octanol–water partition coefficient (Wildman–Crippen LogP) is -3.55. The number of ether oxygens (including phenoxy) is 1. The molecule has 0 unspecified atom stereocenters. The highest BCUT2D eigenvalue weighted by molar-refractivity contribution is 8.00. The van der Waals surface area contributed by atoms with Crippen LogP contribution in [0, 0.1) is 0 Å². The smallest absolute Gasteiger partial charge is 0.305 e. The molecule has 0 radical (unpaired) electrons. The number of amides is 16. The number of benzene rings is 3. The molecule has 8 rings (SSSR count). The number of aromatic hydroxyl groups is 1. The maximum atomic E-state index is 15.8. The summed E-state index contributed by atoms with van der Waals surface area (Å²) in [6.07, 6.45) is -3.03. The van der Waals surface area contributed by atoms with Gasteiger partial charge in [0.05, 0.1) is 31.9 Å². The molecule has 16 amide bonds. The van der Waals surface area contributed by atoms with Crippen LogP contribution < -0.4 is 75.1 Å². The van der Waals surface area contributed by atoms with Crippen molar-refractivity contribution in [3.63, 3.8) is 0 Å². The molecule has 3 aliphatic rings. The van der Waals surface area contributed by atoms with Gasteiger partial charge in [-0.1, -0.05) is 69.9 Å². The summed E-state index contributed by atoms with van der Waals surface area (Å²) in [6.45, 7) is 2.16. The highest BCUT2D eigenvalue weighted by Gasteiger charge is 2.47. The number of nitrogens with zero attached hydrogens (tertiary/aromatic N) is 5. The van der Waals surface area contributed by atoms with Crippen molar-refractivity contribution < 1.29 is 121 Å². The lowest BCUT2D eigenvalue weighted by Gasteiger charge is -2.36. The summed E-state index contributed by atoms with van der Waals surface area (Å²) < 4.78 is 5.31. The summed E-state index contributed by atoms with van der Waals surface area (Å²) in [5.74, 6) is -22.0. The van der Waals surface area contributed by atoms with Crippen molar-refractivity contribution in [1.82, 2.24) is 87.6 Å². The van der Waals surface area contributed by atoms with E-state index in [9.17, 15) is 83.1 Å². The number of phenols is 1. The molecule has 730 valence electrons. The highest BCUT2D eigenvalue weighted by atomic mass is 32.2. The maximum Gasteiger partial charge on any atom is 0.305 e. The van der Waals surface area contributed by atoms with Crippen LogP contribution in [0.1, 0.15) is 134 Å². The summed E-state index contributed by atoms with van der Waals surface area (Å²) in [5, 5.41) is 78.6. The molecule has 3 saturated heterocycles. The first-order valence-electron chi connectivity index (χ1n) is 44.2. The van der Waals surface area contributed by atoms with Crippen LogP contribution in [-0.4, -0.2) is 336 Å². The average molecular weight is 1890 g/mol. The Balaban J connectivity index is 1.20. The molecule has 46 heteroatoms. The zero-order valence-corrected chi connectivity index (χ0v) is 76.4. The number of aliphatic hydroxyl groups is 1. The van der Waals surface area contributed by atoms with Crippen molar-refractivity contribution in [3.05, 3.63) is 95.8 Å². The van der Waals surface area contributed by atoms with Gasteiger partial charge >= 0.3 is 17.9 Å². The van der Waals surface area contributed by atoms with Gasteiger partial charge in [-0.05, 0) is 112 Å². The zero-order valence-electron chi connectivity index (χ0n) is 75.6. The Bertz CT molecular complexity index is 5090. The number of aliphatic carboxylic acids is 3. The number of nitrogens with one attached hydrogen (secondary N) is 12. The standard InChI is InChI=1S/C88H122N20O25S/c1-8-10-17-66-81(125)97-57(26-28-72(113)114)77(121)103-65(76(120)94-42-70(91)111)44-134-45-71(112)95-61(33-47-20-23-52(133-7)24-21-47)84(128)104(4)46(3)75(119)100-63(38-74(117)118)87(131)107-32-14-19-67(107)82(126)102-64(39-90)80(124)98-59(27-29-73(115)116)86(130)108-43-51(110)37-69(108)83(127)99-60(34-48-40-92-55-16-13-12-15-53(48)55)79(123)96-58(30-31-89)78(122)101-62(35-49-41-93-56-25-22-50(109)36-54(49)56)85(129)106(6)68(18-11-9-2)88(132)105(66)5/h12-13,15-16,20-25,36,40-41,46,51,57-69,92-93,109-110H,8-11,14,17-19,26-35,37-39,42-45,89-90H2,1-7H3,(H2,91,111)(H,94,120)(H,95,112)(H,96,123)(H,97,125)(H,98,124)(H,99,127)(H,100,119)(H,101,122)(H,102,126)(H,103,121)(H,113,114)(H,115,116)(H,117,118)/t46-,51+,57-,58-,59-,60-,61-,62-,63+,64-,65-,66-,67-,68-,69-/m0/s1. The van der Waals surface area contributed by atoms with E-state index in [0.717, 1.165) is 24.5 Å². The van der Waals surface area contributed by atoms with Gasteiger partial charge < -0.3 is 135 Å². The summed E-state index contributed by atoms with van der Waals surface area (Å²) in [6, 6.07) is -5.94. The summed E-state index contributed by atoms with van der Waals surface area (Å²) in [5.41, 5.74) is 20.0. The molecule has 23 N–H and O–H groups in total. The van der Waals surface area contributed by atoms with Crippen LogP contribution in [0.15, 0.2) is 79.1 Å². The van der Waals surface area contributed by atoms with Crippen LogP contribution in [0.2, 0.25) is 0 Å². The molecule has 5 aromatic rings. The molecular formula is C88H122N20O25S. The van der Waals surface area contributed by atoms with Gasteiger partial charge in [-0.2, -0.15) is 0 Å². The number of para-hydroxylation sites is 1. The van der Waals surface area contributed by atoms with Gasteiger partial charge in [0, 0.05) is 119 Å². The third-order valence-corrected chi connectivity index (χ3v) is 24.8. The normalized spacial score (nSPS) is 24.8. The largest absolute Gasteiger partial charge is 0.508 e. The second-order valence-corrected chi connectivity index (χ2v) is 34.4. The molecule has 5 heterocycles. The second-order valence-electron chi connectivity index (χ2n) is 33.4. The van der Waals surface area contributed by atoms with Crippen molar-refractivity contribution in [1.29, 1.82) is 0 Å². The SMILES string of the molecule is CCCC[C@H]1C(=O)N(C)[C@@H](CCCC)C(=O)N[C@@H](CCC(=O)O)C(=O)N[C@H](C(=O)NCC(N)=O)CSCC(=O)N[C@@H](Cc2ccc(OC)cc2)C(=O)N(C)[C@@H](C)C(=O)N[C@H](CC(=O)O)C(=O)N2CCC[C@H]2C(=O)N[C@@H](CN)C(=O)N[C@@H](CCC(=O)O)C(=O)N2C[C@H](O)C[C@H]2C(=O)N[C@@H](Cc2c[nH]c3ccccc23)C(=O)N[C@@H](CCN)C(=O)N[C@@H](Cc2c[nH]c3ccc(O)cc23)C(=O)N1C. The third-order valence-electron chi connectivity index (χ3n) is 23.7. The number of aromatic amines is 2. The Kier molecular flexibility index (Phi) is 39.8. The molecule has 45 nitrogen and oxygen atoms in total. The fourth-order valence-electron chi connectivity index (χ4n) is 16.1. The third kappa shape index (κ3) is 29.3. The fourth-order valence-corrected chi connectivity index (χ4v) is 17.0. The van der Waals surface area contributed by atoms with Crippen LogP contribution >= 0.6 is 11.8 Å². The molecule has 3 aromatic carbocycles. The van der Waals surface area contributed by atoms with E-state index in [4.69, 9.17) is 21.9 Å². The summed E-state index contributed by atoms with van der Waals surface area (Å²) in [4.78, 5) is 284. The quantitative estimate of drug-likeness (QED) is 0.0242. The number of carboxylic acids is 3. The van der Waals surface area contributed by atoms with E-state index in [2.05, 4.69) is 63.1 Å². The predicted molar refractivity (Wildman–Crippen MR) is 483 cm³/mol. The molecule has 2 aromatic heterocycles. The Morgan fingerprint density at radius 1 is 0.530 bits per heavy atom. The monoisotopic (exact) mass is 1890 g/mol. The number of aromatic nitrogens is 2. The number of thioether (sulfide) groups is 1. The molecule has 0 bridgehead atoms. The number of carbonyl (C=O) groups excluding carboxylic acids is 16. The van der Waals surface area contributed by atoms with Gasteiger partial charge in [-0.25, -0.2) is 0 Å². The minimum atomic E-state index is -1.95. The van der Waals surface area contributed by atoms with Crippen LogP contribution in [-0.2, 0) is 110 Å². The van der Waals surface area contributed by atoms with E-state index < -0.39 is 273 Å². The van der Waals surface area contributed by atoms with E-state index in [1.165, 1.54) is 53.5 Å². The Labute approximate surface area is 775 Å². The van der Waals surface area contributed by atoms with Gasteiger partial charge in [-0.3, -0.25) is 91.1 Å². The molecule has 15 atom stereocenters. The van der Waals surface area contributed by atoms with Crippen LogP contribution in [0.4, 0.5) is 0 Å². The van der Waals surface area contributed by atoms with Crippen molar-refractivity contribution >= 4 is 146 Å². The second kappa shape index (κ2) is 50.4. The molecule has 0 aliphatic carbocycles. The number of unbranched alkanes of at least 4 members (excludes halogenated alkanes) is 2. The van der Waals surface area contributed by atoms with Crippen molar-refractivity contribution in [3.8, 4) is 11.5 Å². The lowest BCUT2D eigenvalue weighted by molar-refractivity contribution is -0.149. The number of hydrogen-bond acceptors (Lipinski definition) is 25. The van der Waals surface area contributed by atoms with Crippen LogP contribution in [0.5, 0.6) is 11.5 Å². The van der Waals surface area contributed by atoms with Gasteiger partial charge in [0.25, 0.3) is 0 Å². The first-order chi connectivity index (χ1) is 63.7. The average Bonchev–Trinajstić information content (AvgIpc) is 1.66. The number of fused-ring (bicyclic) bond motifs is 4. The number of primary amides is 1. The molecule has 0 saturated carbocycles. The topological polar surface area (TPSA) is 681 Å².